The van der Waals surface area contributed by atoms with E-state index < -0.39 is 0 Å². The van der Waals surface area contributed by atoms with Gasteiger partial charge in [0.05, 0.1) is 12.2 Å². The number of hydrogen-bond acceptors (Lipinski definition) is 3. The molecule has 2 heterocycles. The second-order valence-corrected chi connectivity index (χ2v) is 5.15. The Labute approximate surface area is 128 Å². The van der Waals surface area contributed by atoms with Crippen molar-refractivity contribution in [2.24, 2.45) is 0 Å². The number of aromatic nitrogens is 4. The molecule has 2 aromatic heterocycles. The van der Waals surface area contributed by atoms with E-state index in [9.17, 15) is 0 Å². The van der Waals surface area contributed by atoms with E-state index in [-0.39, 0.29) is 0 Å². The molecule has 4 nitrogen and oxygen atoms in total. The third-order valence-electron chi connectivity index (χ3n) is 3.46. The van der Waals surface area contributed by atoms with Gasteiger partial charge in [0.1, 0.15) is 0 Å². The van der Waals surface area contributed by atoms with Gasteiger partial charge >= 0.3 is 0 Å². The summed E-state index contributed by atoms with van der Waals surface area (Å²) in [6.45, 7) is 2.76. The van der Waals surface area contributed by atoms with Gasteiger partial charge in [0, 0.05) is 11.8 Å². The number of pyridine rings is 1. The van der Waals surface area contributed by atoms with Crippen molar-refractivity contribution in [3.05, 3.63) is 64.7 Å². The van der Waals surface area contributed by atoms with E-state index >= 15 is 0 Å². The van der Waals surface area contributed by atoms with Crippen LogP contribution in [-0.4, -0.2) is 19.7 Å². The highest BCUT2D eigenvalue weighted by atomic mass is 32.1. The maximum Gasteiger partial charge on any atom is 0.195 e. The van der Waals surface area contributed by atoms with Gasteiger partial charge in [0.15, 0.2) is 10.6 Å². The Morgan fingerprint density at radius 1 is 1.14 bits per heavy atom. The molecule has 0 aliphatic carbocycles. The molecule has 0 saturated heterocycles. The van der Waals surface area contributed by atoms with Crippen LogP contribution in [0.15, 0.2) is 48.7 Å². The molecule has 0 spiro atoms. The summed E-state index contributed by atoms with van der Waals surface area (Å²) in [6.07, 6.45) is 2.77. The van der Waals surface area contributed by atoms with Crippen LogP contribution in [0.1, 0.15) is 18.2 Å². The lowest BCUT2D eigenvalue weighted by atomic mass is 10.1. The molecule has 0 fully saturated rings. The minimum absolute atomic E-state index is 0.613. The van der Waals surface area contributed by atoms with Crippen molar-refractivity contribution in [1.29, 1.82) is 0 Å². The van der Waals surface area contributed by atoms with E-state index in [2.05, 4.69) is 28.2 Å². The third kappa shape index (κ3) is 2.78. The fourth-order valence-electron chi connectivity index (χ4n) is 2.36. The summed E-state index contributed by atoms with van der Waals surface area (Å²) in [5.74, 6) is 0.841. The van der Waals surface area contributed by atoms with E-state index in [1.165, 1.54) is 5.56 Å². The van der Waals surface area contributed by atoms with Crippen LogP contribution in [0, 0.1) is 4.77 Å². The Balaban J connectivity index is 2.04. The first-order valence-electron chi connectivity index (χ1n) is 6.93. The van der Waals surface area contributed by atoms with Crippen molar-refractivity contribution in [3.8, 4) is 11.4 Å². The van der Waals surface area contributed by atoms with Crippen molar-refractivity contribution in [2.75, 3.05) is 0 Å². The van der Waals surface area contributed by atoms with Crippen molar-refractivity contribution in [3.63, 3.8) is 0 Å². The number of nitrogens with one attached hydrogen (secondary N) is 1. The zero-order chi connectivity index (χ0) is 14.7. The minimum atomic E-state index is 0.613. The Morgan fingerprint density at radius 3 is 2.71 bits per heavy atom. The highest BCUT2D eigenvalue weighted by Crippen LogP contribution is 2.18. The average molecular weight is 296 g/mol. The fraction of sp³-hybridized carbons (Fsp3) is 0.188. The third-order valence-corrected chi connectivity index (χ3v) is 3.78. The molecule has 1 aromatic carbocycles. The van der Waals surface area contributed by atoms with Crippen molar-refractivity contribution in [1.82, 2.24) is 19.7 Å². The summed E-state index contributed by atoms with van der Waals surface area (Å²) < 4.78 is 2.60. The number of aryl methyl sites for hydroxylation is 1. The molecule has 0 saturated carbocycles. The van der Waals surface area contributed by atoms with Gasteiger partial charge in [-0.3, -0.25) is 14.6 Å². The van der Waals surface area contributed by atoms with Crippen LogP contribution in [0.2, 0.25) is 0 Å². The predicted molar refractivity (Wildman–Crippen MR) is 85.6 cm³/mol. The average Bonchev–Trinajstić information content (AvgIpc) is 2.90. The number of benzene rings is 1. The standard InChI is InChI=1S/C16H16N4S/c1-2-12-9-6-10-17-14(12)11-20-15(18-19-16(20)21)13-7-4-3-5-8-13/h3-10H,2,11H2,1H3,(H,19,21). The highest BCUT2D eigenvalue weighted by molar-refractivity contribution is 7.71. The van der Waals surface area contributed by atoms with Gasteiger partial charge in [-0.15, -0.1) is 0 Å². The summed E-state index contributed by atoms with van der Waals surface area (Å²) in [4.78, 5) is 4.49. The molecule has 0 unspecified atom stereocenters. The van der Waals surface area contributed by atoms with Gasteiger partial charge in [-0.1, -0.05) is 43.3 Å². The summed E-state index contributed by atoms with van der Waals surface area (Å²) in [6, 6.07) is 14.1. The van der Waals surface area contributed by atoms with Crippen molar-refractivity contribution < 1.29 is 0 Å². The van der Waals surface area contributed by atoms with Crippen LogP contribution in [0.5, 0.6) is 0 Å². The predicted octanol–water partition coefficient (Wildman–Crippen LogP) is 3.61. The van der Waals surface area contributed by atoms with Crippen molar-refractivity contribution in [2.45, 2.75) is 19.9 Å². The van der Waals surface area contributed by atoms with E-state index in [1.54, 1.807) is 0 Å². The Hall–Kier alpha value is -2.27. The topological polar surface area (TPSA) is 46.5 Å². The van der Waals surface area contributed by atoms with Crippen LogP contribution >= 0.6 is 12.2 Å². The largest absolute Gasteiger partial charge is 0.294 e. The number of aromatic amines is 1. The number of rotatable bonds is 4. The molecule has 21 heavy (non-hydrogen) atoms. The summed E-state index contributed by atoms with van der Waals surface area (Å²) >= 11 is 5.37. The summed E-state index contributed by atoms with van der Waals surface area (Å²) in [7, 11) is 0. The first-order valence-corrected chi connectivity index (χ1v) is 7.34. The maximum atomic E-state index is 5.37. The lowest BCUT2D eigenvalue weighted by molar-refractivity contribution is 0.755. The van der Waals surface area contributed by atoms with Gasteiger partial charge in [-0.25, -0.2) is 0 Å². The Bertz CT molecular complexity index is 789. The van der Waals surface area contributed by atoms with E-state index in [0.29, 0.717) is 11.3 Å². The van der Waals surface area contributed by atoms with Gasteiger partial charge in [0.2, 0.25) is 0 Å². The molecule has 0 aliphatic heterocycles. The van der Waals surface area contributed by atoms with Crippen LogP contribution in [0.3, 0.4) is 0 Å². The fourth-order valence-corrected chi connectivity index (χ4v) is 2.55. The van der Waals surface area contributed by atoms with Gasteiger partial charge < -0.3 is 0 Å². The molecule has 0 bridgehead atoms. The van der Waals surface area contributed by atoms with E-state index in [0.717, 1.165) is 23.5 Å². The summed E-state index contributed by atoms with van der Waals surface area (Å²) in [5, 5.41) is 7.24. The molecule has 0 amide bonds. The quantitative estimate of drug-likeness (QED) is 0.748. The molecule has 3 aromatic rings. The molecule has 0 aliphatic rings. The molecule has 5 heteroatoms. The molecule has 3 rings (SSSR count). The number of nitrogens with zero attached hydrogens (tertiary/aromatic N) is 3. The molecule has 0 radical (unpaired) electrons. The molecule has 106 valence electrons. The maximum absolute atomic E-state index is 5.37. The second-order valence-electron chi connectivity index (χ2n) is 4.77. The molecular formula is C16H16N4S. The van der Waals surface area contributed by atoms with Crippen LogP contribution in [0.4, 0.5) is 0 Å². The number of hydrogen-bond donors (Lipinski definition) is 1. The Morgan fingerprint density at radius 2 is 1.95 bits per heavy atom. The zero-order valence-corrected chi connectivity index (χ0v) is 12.6. The Kier molecular flexibility index (Phi) is 3.92. The normalized spacial score (nSPS) is 10.7. The smallest absolute Gasteiger partial charge is 0.195 e. The highest BCUT2D eigenvalue weighted by Gasteiger charge is 2.11. The first-order chi connectivity index (χ1) is 10.3. The summed E-state index contributed by atoms with van der Waals surface area (Å²) in [5.41, 5.74) is 3.31. The SMILES string of the molecule is CCc1cccnc1Cn1c(-c2ccccc2)n[nH]c1=S. The van der Waals surface area contributed by atoms with Gasteiger partial charge in [-0.2, -0.15) is 5.10 Å². The first kappa shape index (κ1) is 13.7. The van der Waals surface area contributed by atoms with Crippen LogP contribution < -0.4 is 0 Å². The molecule has 1 N–H and O–H groups in total. The van der Waals surface area contributed by atoms with Crippen LogP contribution in [0.25, 0.3) is 11.4 Å². The molecule has 0 atom stereocenters. The number of H-pyrrole nitrogens is 1. The van der Waals surface area contributed by atoms with Gasteiger partial charge in [-0.05, 0) is 30.3 Å². The minimum Gasteiger partial charge on any atom is -0.294 e. The second kappa shape index (κ2) is 6.01. The lowest BCUT2D eigenvalue weighted by Gasteiger charge is -2.09. The van der Waals surface area contributed by atoms with E-state index in [4.69, 9.17) is 12.2 Å². The zero-order valence-electron chi connectivity index (χ0n) is 11.8. The lowest BCUT2D eigenvalue weighted by Crippen LogP contribution is -2.06. The van der Waals surface area contributed by atoms with Crippen molar-refractivity contribution >= 4 is 12.2 Å². The monoisotopic (exact) mass is 296 g/mol. The van der Waals surface area contributed by atoms with Crippen LogP contribution in [-0.2, 0) is 13.0 Å². The molecular weight excluding hydrogens is 280 g/mol. The van der Waals surface area contributed by atoms with E-state index in [1.807, 2.05) is 47.2 Å². The van der Waals surface area contributed by atoms with Gasteiger partial charge in [0.25, 0.3) is 0 Å².